The first-order chi connectivity index (χ1) is 9.81. The number of aryl methyl sites for hydroxylation is 1. The van der Waals surface area contributed by atoms with Crippen molar-refractivity contribution in [2.45, 2.75) is 46.1 Å². The molecule has 0 bridgehead atoms. The van der Waals surface area contributed by atoms with E-state index in [0.29, 0.717) is 12.0 Å². The third-order valence-corrected chi connectivity index (χ3v) is 4.00. The SMILES string of the molecule is Cc1cc(Br)ccc1C(=O)NC(C)CCCC(C)C(=O)O. The Bertz CT molecular complexity index is 516. The molecule has 1 rings (SSSR count). The molecule has 4 nitrogen and oxygen atoms in total. The number of aliphatic carboxylic acids is 1. The van der Waals surface area contributed by atoms with E-state index in [-0.39, 0.29) is 17.9 Å². The molecule has 2 unspecified atom stereocenters. The second-order valence-corrected chi connectivity index (χ2v) is 6.42. The molecule has 2 N–H and O–H groups in total. The number of nitrogens with one attached hydrogen (secondary N) is 1. The first kappa shape index (κ1) is 17.7. The lowest BCUT2D eigenvalue weighted by Gasteiger charge is -2.15. The van der Waals surface area contributed by atoms with Gasteiger partial charge < -0.3 is 10.4 Å². The molecule has 116 valence electrons. The number of halogens is 1. The average Bonchev–Trinajstić information content (AvgIpc) is 2.37. The molecule has 1 aromatic rings. The molecule has 0 aliphatic heterocycles. The van der Waals surface area contributed by atoms with Gasteiger partial charge >= 0.3 is 5.97 Å². The van der Waals surface area contributed by atoms with Gasteiger partial charge in [0.25, 0.3) is 5.91 Å². The van der Waals surface area contributed by atoms with E-state index >= 15 is 0 Å². The number of hydrogen-bond acceptors (Lipinski definition) is 2. The van der Waals surface area contributed by atoms with Gasteiger partial charge in [-0.15, -0.1) is 0 Å². The fraction of sp³-hybridized carbons (Fsp3) is 0.500. The van der Waals surface area contributed by atoms with Crippen molar-refractivity contribution in [2.24, 2.45) is 5.92 Å². The molecule has 1 amide bonds. The molecule has 0 radical (unpaired) electrons. The van der Waals surface area contributed by atoms with Crippen LogP contribution in [0.4, 0.5) is 0 Å². The van der Waals surface area contributed by atoms with Gasteiger partial charge in [0.2, 0.25) is 0 Å². The van der Waals surface area contributed by atoms with Crippen molar-refractivity contribution in [3.05, 3.63) is 33.8 Å². The van der Waals surface area contributed by atoms with Crippen LogP contribution in [-0.2, 0) is 4.79 Å². The maximum absolute atomic E-state index is 12.2. The average molecular weight is 356 g/mol. The first-order valence-corrected chi connectivity index (χ1v) is 7.90. The quantitative estimate of drug-likeness (QED) is 0.782. The van der Waals surface area contributed by atoms with Crippen LogP contribution < -0.4 is 5.32 Å². The van der Waals surface area contributed by atoms with Crippen LogP contribution in [0, 0.1) is 12.8 Å². The lowest BCUT2D eigenvalue weighted by atomic mass is 10.0. The van der Waals surface area contributed by atoms with Crippen molar-refractivity contribution in [3.63, 3.8) is 0 Å². The van der Waals surface area contributed by atoms with Crippen LogP contribution in [0.5, 0.6) is 0 Å². The van der Waals surface area contributed by atoms with Crippen LogP contribution in [0.15, 0.2) is 22.7 Å². The molecule has 21 heavy (non-hydrogen) atoms. The summed E-state index contributed by atoms with van der Waals surface area (Å²) < 4.78 is 0.951. The van der Waals surface area contributed by atoms with Gasteiger partial charge in [-0.05, 0) is 50.5 Å². The van der Waals surface area contributed by atoms with E-state index in [2.05, 4.69) is 21.2 Å². The predicted octanol–water partition coefficient (Wildman–Crippen LogP) is 3.77. The summed E-state index contributed by atoms with van der Waals surface area (Å²) in [5.74, 6) is -1.18. The zero-order valence-corrected chi connectivity index (χ0v) is 14.2. The van der Waals surface area contributed by atoms with Crippen molar-refractivity contribution in [1.82, 2.24) is 5.32 Å². The van der Waals surface area contributed by atoms with Crippen LogP contribution in [-0.4, -0.2) is 23.0 Å². The summed E-state index contributed by atoms with van der Waals surface area (Å²) in [6, 6.07) is 5.59. The van der Waals surface area contributed by atoms with E-state index in [9.17, 15) is 9.59 Å². The zero-order chi connectivity index (χ0) is 16.0. The van der Waals surface area contributed by atoms with E-state index in [0.717, 1.165) is 22.9 Å². The summed E-state index contributed by atoms with van der Waals surface area (Å²) in [4.78, 5) is 22.9. The van der Waals surface area contributed by atoms with Crippen molar-refractivity contribution < 1.29 is 14.7 Å². The fourth-order valence-electron chi connectivity index (χ4n) is 2.11. The molecular weight excluding hydrogens is 334 g/mol. The van der Waals surface area contributed by atoms with Gasteiger partial charge in [0.1, 0.15) is 0 Å². The Kier molecular flexibility index (Phi) is 6.89. The van der Waals surface area contributed by atoms with E-state index in [1.165, 1.54) is 0 Å². The number of rotatable bonds is 7. The van der Waals surface area contributed by atoms with Crippen LogP contribution in [0.25, 0.3) is 0 Å². The summed E-state index contributed by atoms with van der Waals surface area (Å²) in [5.41, 5.74) is 1.59. The second-order valence-electron chi connectivity index (χ2n) is 5.50. The summed E-state index contributed by atoms with van der Waals surface area (Å²) in [6.07, 6.45) is 2.19. The number of carboxylic acids is 1. The molecule has 0 heterocycles. The normalized spacial score (nSPS) is 13.5. The molecule has 5 heteroatoms. The summed E-state index contributed by atoms with van der Waals surface area (Å²) in [6.45, 7) is 5.55. The third kappa shape index (κ3) is 5.87. The van der Waals surface area contributed by atoms with E-state index in [1.54, 1.807) is 13.0 Å². The maximum Gasteiger partial charge on any atom is 0.306 e. The molecular formula is C16H22BrNO3. The largest absolute Gasteiger partial charge is 0.481 e. The highest BCUT2D eigenvalue weighted by atomic mass is 79.9. The van der Waals surface area contributed by atoms with E-state index in [1.807, 2.05) is 26.0 Å². The molecule has 1 aromatic carbocycles. The minimum absolute atomic E-state index is 0.0292. The fourth-order valence-corrected chi connectivity index (χ4v) is 2.58. The summed E-state index contributed by atoms with van der Waals surface area (Å²) in [7, 11) is 0. The Balaban J connectivity index is 2.45. The van der Waals surface area contributed by atoms with E-state index in [4.69, 9.17) is 5.11 Å². The van der Waals surface area contributed by atoms with Crippen molar-refractivity contribution in [1.29, 1.82) is 0 Å². The summed E-state index contributed by atoms with van der Waals surface area (Å²) in [5, 5.41) is 11.8. The molecule has 0 saturated carbocycles. The molecule has 0 aliphatic rings. The number of carboxylic acid groups (broad SMARTS) is 1. The Morgan fingerprint density at radius 1 is 1.29 bits per heavy atom. The highest BCUT2D eigenvalue weighted by molar-refractivity contribution is 9.10. The van der Waals surface area contributed by atoms with Gasteiger partial charge in [0.15, 0.2) is 0 Å². The van der Waals surface area contributed by atoms with Gasteiger partial charge in [-0.25, -0.2) is 0 Å². The van der Waals surface area contributed by atoms with Gasteiger partial charge in [0.05, 0.1) is 5.92 Å². The Hall–Kier alpha value is -1.36. The lowest BCUT2D eigenvalue weighted by Crippen LogP contribution is -2.33. The number of carbonyl (C=O) groups excluding carboxylic acids is 1. The van der Waals surface area contributed by atoms with Gasteiger partial charge in [-0.2, -0.15) is 0 Å². The second kappa shape index (κ2) is 8.17. The minimum Gasteiger partial charge on any atom is -0.481 e. The highest BCUT2D eigenvalue weighted by Gasteiger charge is 2.14. The number of benzene rings is 1. The number of hydrogen-bond donors (Lipinski definition) is 2. The Morgan fingerprint density at radius 3 is 2.52 bits per heavy atom. The topological polar surface area (TPSA) is 66.4 Å². The predicted molar refractivity (Wildman–Crippen MR) is 86.5 cm³/mol. The van der Waals surface area contributed by atoms with Crippen LogP contribution >= 0.6 is 15.9 Å². The molecule has 0 fully saturated rings. The van der Waals surface area contributed by atoms with E-state index < -0.39 is 5.97 Å². The molecule has 0 aromatic heterocycles. The Labute approximate surface area is 134 Å². The standard InChI is InChI=1S/C16H22BrNO3/c1-10(16(20)21)5-4-6-12(3)18-15(19)14-8-7-13(17)9-11(14)2/h7-10,12H,4-6H2,1-3H3,(H,18,19)(H,20,21). The van der Waals surface area contributed by atoms with Crippen LogP contribution in [0.3, 0.4) is 0 Å². The number of carbonyl (C=O) groups is 2. The summed E-state index contributed by atoms with van der Waals surface area (Å²) >= 11 is 3.38. The van der Waals surface area contributed by atoms with Crippen molar-refractivity contribution in [3.8, 4) is 0 Å². The molecule has 0 spiro atoms. The third-order valence-electron chi connectivity index (χ3n) is 3.51. The van der Waals surface area contributed by atoms with Crippen molar-refractivity contribution in [2.75, 3.05) is 0 Å². The molecule has 0 saturated heterocycles. The van der Waals surface area contributed by atoms with Gasteiger partial charge in [0, 0.05) is 16.1 Å². The zero-order valence-electron chi connectivity index (χ0n) is 12.6. The Morgan fingerprint density at radius 2 is 1.95 bits per heavy atom. The smallest absolute Gasteiger partial charge is 0.306 e. The highest BCUT2D eigenvalue weighted by Crippen LogP contribution is 2.16. The van der Waals surface area contributed by atoms with Gasteiger partial charge in [-0.1, -0.05) is 29.3 Å². The van der Waals surface area contributed by atoms with Crippen molar-refractivity contribution >= 4 is 27.8 Å². The molecule has 2 atom stereocenters. The lowest BCUT2D eigenvalue weighted by molar-refractivity contribution is -0.141. The monoisotopic (exact) mass is 355 g/mol. The van der Waals surface area contributed by atoms with Gasteiger partial charge in [-0.3, -0.25) is 9.59 Å². The first-order valence-electron chi connectivity index (χ1n) is 7.11. The molecule has 0 aliphatic carbocycles. The van der Waals surface area contributed by atoms with Crippen LogP contribution in [0.2, 0.25) is 0 Å². The minimum atomic E-state index is -0.767. The maximum atomic E-state index is 12.2. The van der Waals surface area contributed by atoms with Crippen LogP contribution in [0.1, 0.15) is 49.0 Å². The number of amides is 1.